The maximum atomic E-state index is 5.64. The first-order chi connectivity index (χ1) is 14.9. The maximum absolute atomic E-state index is 5.64. The molecule has 0 unspecified atom stereocenters. The molecule has 154 valence electrons. The number of nitrogens with zero attached hydrogens (tertiary/aromatic N) is 8. The van der Waals surface area contributed by atoms with Crippen LogP contribution in [0.5, 0.6) is 0 Å². The van der Waals surface area contributed by atoms with E-state index in [1.807, 2.05) is 27.7 Å². The zero-order valence-corrected chi connectivity index (χ0v) is 17.4. The largest absolute Gasteiger partial charge is 0.355 e. The minimum atomic E-state index is -0.196. The fourth-order valence-corrected chi connectivity index (χ4v) is 3.05. The zero-order valence-electron chi connectivity index (χ0n) is 17.4. The molecule has 0 saturated carbocycles. The summed E-state index contributed by atoms with van der Waals surface area (Å²) in [4.78, 5) is 17.1. The Morgan fingerprint density at radius 2 is 1.94 bits per heavy atom. The highest BCUT2D eigenvalue weighted by Gasteiger charge is 2.22. The number of aryl methyl sites for hydroxylation is 1. The third kappa shape index (κ3) is 3.40. The predicted molar refractivity (Wildman–Crippen MR) is 109 cm³/mol. The quantitative estimate of drug-likeness (QED) is 0.401. The molecule has 0 aliphatic carbocycles. The van der Waals surface area contributed by atoms with E-state index in [2.05, 4.69) is 47.2 Å². The molecule has 5 aromatic rings. The first-order valence-electron chi connectivity index (χ1n) is 9.62. The lowest BCUT2D eigenvalue weighted by Gasteiger charge is -2.10. The first-order valence-corrected chi connectivity index (χ1v) is 9.62. The molecule has 0 spiro atoms. The van der Waals surface area contributed by atoms with E-state index < -0.39 is 0 Å². The summed E-state index contributed by atoms with van der Waals surface area (Å²) in [6, 6.07) is 0. The lowest BCUT2D eigenvalue weighted by molar-refractivity contribution is 0.365. The second-order valence-electron chi connectivity index (χ2n) is 8.11. The maximum Gasteiger partial charge on any atom is 0.232 e. The van der Waals surface area contributed by atoms with E-state index in [0.717, 1.165) is 11.1 Å². The van der Waals surface area contributed by atoms with Gasteiger partial charge >= 0.3 is 0 Å². The van der Waals surface area contributed by atoms with Crippen LogP contribution in [0.15, 0.2) is 34.1 Å². The molecule has 5 rings (SSSR count). The highest BCUT2D eigenvalue weighted by Crippen LogP contribution is 2.25. The molecular weight excluding hydrogens is 396 g/mol. The second-order valence-corrected chi connectivity index (χ2v) is 8.11. The van der Waals surface area contributed by atoms with Crippen LogP contribution in [0.2, 0.25) is 0 Å². The fourth-order valence-electron chi connectivity index (χ4n) is 3.05. The number of hydrogen-bond donors (Lipinski definition) is 0. The van der Waals surface area contributed by atoms with Gasteiger partial charge < -0.3 is 9.05 Å². The van der Waals surface area contributed by atoms with Crippen molar-refractivity contribution < 1.29 is 9.05 Å². The van der Waals surface area contributed by atoms with E-state index >= 15 is 0 Å². The van der Waals surface area contributed by atoms with Crippen molar-refractivity contribution >= 4 is 16.6 Å². The average Bonchev–Trinajstić information content (AvgIpc) is 3.46. The predicted octanol–water partition coefficient (Wildman–Crippen LogP) is 2.64. The summed E-state index contributed by atoms with van der Waals surface area (Å²) in [5, 5.41) is 13.2. The van der Waals surface area contributed by atoms with E-state index in [9.17, 15) is 0 Å². The Kier molecular flexibility index (Phi) is 4.25. The van der Waals surface area contributed by atoms with Gasteiger partial charge in [0.15, 0.2) is 17.1 Å². The Morgan fingerprint density at radius 3 is 2.74 bits per heavy atom. The third-order valence-corrected chi connectivity index (χ3v) is 4.75. The Balaban J connectivity index is 1.52. The molecule has 5 heterocycles. The van der Waals surface area contributed by atoms with Gasteiger partial charge in [-0.1, -0.05) is 42.9 Å². The van der Waals surface area contributed by atoms with Crippen LogP contribution in [0.4, 0.5) is 0 Å². The van der Waals surface area contributed by atoms with Gasteiger partial charge in [0, 0.05) is 11.6 Å². The van der Waals surface area contributed by atoms with Gasteiger partial charge in [-0.05, 0) is 6.92 Å². The number of fused-ring (bicyclic) bond motifs is 2. The van der Waals surface area contributed by atoms with Crippen LogP contribution < -0.4 is 0 Å². The van der Waals surface area contributed by atoms with Gasteiger partial charge in [0.05, 0.1) is 34.8 Å². The molecule has 31 heavy (non-hydrogen) atoms. The molecule has 0 amide bonds. The molecule has 0 aliphatic heterocycles. The van der Waals surface area contributed by atoms with Crippen molar-refractivity contribution in [3.8, 4) is 11.8 Å². The van der Waals surface area contributed by atoms with Gasteiger partial charge in [0.2, 0.25) is 5.89 Å². The summed E-state index contributed by atoms with van der Waals surface area (Å²) in [6.07, 6.45) is 6.76. The normalized spacial score (nSPS) is 11.7. The molecule has 0 saturated heterocycles. The molecule has 0 aromatic carbocycles. The SMILES string of the molecule is Cc1ncc2c(Cc3nc(C(C)(C)C)no3)noc2c1C#Cc1cnn2cncnc12. The summed E-state index contributed by atoms with van der Waals surface area (Å²) in [6.45, 7) is 7.96. The summed E-state index contributed by atoms with van der Waals surface area (Å²) >= 11 is 0. The smallest absolute Gasteiger partial charge is 0.232 e. The molecule has 0 aliphatic rings. The zero-order chi connectivity index (χ0) is 21.6. The molecule has 0 atom stereocenters. The van der Waals surface area contributed by atoms with Crippen LogP contribution >= 0.6 is 0 Å². The Hall–Kier alpha value is -4.13. The van der Waals surface area contributed by atoms with Crippen molar-refractivity contribution in [2.75, 3.05) is 0 Å². The average molecular weight is 414 g/mol. The van der Waals surface area contributed by atoms with Crippen molar-refractivity contribution in [2.45, 2.75) is 39.5 Å². The van der Waals surface area contributed by atoms with Crippen molar-refractivity contribution in [3.05, 3.63) is 59.3 Å². The van der Waals surface area contributed by atoms with Gasteiger partial charge in [-0.2, -0.15) is 10.1 Å². The number of aromatic nitrogens is 8. The molecule has 0 N–H and O–H groups in total. The minimum absolute atomic E-state index is 0.196. The van der Waals surface area contributed by atoms with Crippen molar-refractivity contribution in [1.29, 1.82) is 0 Å². The highest BCUT2D eigenvalue weighted by molar-refractivity contribution is 5.85. The summed E-state index contributed by atoms with van der Waals surface area (Å²) in [7, 11) is 0. The molecule has 5 aromatic heterocycles. The van der Waals surface area contributed by atoms with E-state index in [1.165, 1.54) is 6.33 Å². The molecule has 0 fully saturated rings. The van der Waals surface area contributed by atoms with Crippen LogP contribution in [0.1, 0.15) is 55.0 Å². The van der Waals surface area contributed by atoms with E-state index in [1.54, 1.807) is 23.2 Å². The minimum Gasteiger partial charge on any atom is -0.355 e. The van der Waals surface area contributed by atoms with Crippen molar-refractivity contribution in [3.63, 3.8) is 0 Å². The second kappa shape index (κ2) is 6.98. The van der Waals surface area contributed by atoms with Gasteiger partial charge in [-0.15, -0.1) is 0 Å². The monoisotopic (exact) mass is 414 g/mol. The van der Waals surface area contributed by atoms with Gasteiger partial charge in [0.25, 0.3) is 0 Å². The third-order valence-electron chi connectivity index (χ3n) is 4.75. The summed E-state index contributed by atoms with van der Waals surface area (Å²) < 4.78 is 12.6. The Labute approximate surface area is 176 Å². The van der Waals surface area contributed by atoms with Gasteiger partial charge in [-0.25, -0.2) is 14.5 Å². The number of rotatable bonds is 2. The van der Waals surface area contributed by atoms with Crippen molar-refractivity contribution in [2.24, 2.45) is 0 Å². The standard InChI is InChI=1S/C21H18N8O2/c1-12-14(6-5-13-8-25-29-11-22-10-24-19(13)29)18-15(9-23-12)16(27-31-18)7-17-26-20(28-30-17)21(2,3)4/h8-11H,7H2,1-4H3. The summed E-state index contributed by atoms with van der Waals surface area (Å²) in [5.41, 5.74) is 3.74. The van der Waals surface area contributed by atoms with E-state index in [-0.39, 0.29) is 5.41 Å². The van der Waals surface area contributed by atoms with Crippen LogP contribution in [0.3, 0.4) is 0 Å². The lowest BCUT2D eigenvalue weighted by atomic mass is 9.96. The topological polar surface area (TPSA) is 121 Å². The van der Waals surface area contributed by atoms with Crippen LogP contribution in [0.25, 0.3) is 16.6 Å². The lowest BCUT2D eigenvalue weighted by Crippen LogP contribution is -2.13. The summed E-state index contributed by atoms with van der Waals surface area (Å²) in [5.74, 6) is 7.36. The molecule has 0 radical (unpaired) electrons. The molecule has 10 nitrogen and oxygen atoms in total. The molecule has 0 bridgehead atoms. The van der Waals surface area contributed by atoms with Gasteiger partial charge in [-0.3, -0.25) is 4.98 Å². The Morgan fingerprint density at radius 1 is 1.06 bits per heavy atom. The van der Waals surface area contributed by atoms with Crippen LogP contribution in [0, 0.1) is 18.8 Å². The Bertz CT molecular complexity index is 1480. The number of pyridine rings is 1. The van der Waals surface area contributed by atoms with E-state index in [0.29, 0.717) is 46.2 Å². The first kappa shape index (κ1) is 18.9. The van der Waals surface area contributed by atoms with Crippen molar-refractivity contribution in [1.82, 2.24) is 39.9 Å². The molecular formula is C21H18N8O2. The van der Waals surface area contributed by atoms with Gasteiger partial charge in [0.1, 0.15) is 18.3 Å². The number of hydrogen-bond acceptors (Lipinski definition) is 9. The van der Waals surface area contributed by atoms with E-state index in [4.69, 9.17) is 9.05 Å². The molecule has 10 heteroatoms. The van der Waals surface area contributed by atoms with Crippen LogP contribution in [-0.4, -0.2) is 39.9 Å². The highest BCUT2D eigenvalue weighted by atomic mass is 16.5. The fraction of sp³-hybridized carbons (Fsp3) is 0.286. The van der Waals surface area contributed by atoms with Crippen LogP contribution in [-0.2, 0) is 11.8 Å².